The van der Waals surface area contributed by atoms with Crippen molar-refractivity contribution >= 4 is 47.6 Å². The van der Waals surface area contributed by atoms with Crippen LogP contribution < -0.4 is 10.5 Å². The fourth-order valence-electron chi connectivity index (χ4n) is 1.19. The molecule has 1 aromatic carbocycles. The molecule has 0 aromatic heterocycles. The number of halogens is 2. The van der Waals surface area contributed by atoms with Gasteiger partial charge in [-0.25, -0.2) is 13.1 Å². The maximum Gasteiger partial charge on any atom is 0.243 e. The van der Waals surface area contributed by atoms with Crippen LogP contribution in [-0.2, 0) is 10.0 Å². The largest absolute Gasteiger partial charge is 0.398 e. The summed E-state index contributed by atoms with van der Waals surface area (Å²) >= 11 is 6.40. The van der Waals surface area contributed by atoms with Gasteiger partial charge in [0.1, 0.15) is 4.90 Å². The third-order valence-corrected chi connectivity index (χ3v) is 4.79. The van der Waals surface area contributed by atoms with Crippen molar-refractivity contribution < 1.29 is 8.42 Å². The Kier molecular flexibility index (Phi) is 5.01. The minimum absolute atomic E-state index is 0.0257. The van der Waals surface area contributed by atoms with Crippen LogP contribution in [0.1, 0.15) is 6.42 Å². The van der Waals surface area contributed by atoms with Gasteiger partial charge in [0.2, 0.25) is 10.0 Å². The number of rotatable bonds is 4. The Labute approximate surface area is 117 Å². The molecular formula is C10H10Br2N2O2S. The van der Waals surface area contributed by atoms with Crippen molar-refractivity contribution in [2.45, 2.75) is 11.3 Å². The monoisotopic (exact) mass is 380 g/mol. The summed E-state index contributed by atoms with van der Waals surface area (Å²) in [7, 11) is -3.65. The molecule has 3 N–H and O–H groups in total. The van der Waals surface area contributed by atoms with E-state index in [4.69, 9.17) is 12.2 Å². The Morgan fingerprint density at radius 3 is 2.59 bits per heavy atom. The predicted octanol–water partition coefficient (Wildman–Crippen LogP) is 2.10. The maximum atomic E-state index is 12.0. The van der Waals surface area contributed by atoms with Gasteiger partial charge in [-0.1, -0.05) is 15.9 Å². The van der Waals surface area contributed by atoms with Crippen LogP contribution in [-0.4, -0.2) is 15.0 Å². The molecule has 0 aliphatic heterocycles. The summed E-state index contributed by atoms with van der Waals surface area (Å²) in [6.45, 7) is 0.181. The van der Waals surface area contributed by atoms with Crippen LogP contribution in [0.2, 0.25) is 0 Å². The van der Waals surface area contributed by atoms with Crippen molar-refractivity contribution in [3.8, 4) is 12.3 Å². The quantitative estimate of drug-likeness (QED) is 0.476. The topological polar surface area (TPSA) is 72.2 Å². The molecule has 0 spiro atoms. The number of anilines is 1. The van der Waals surface area contributed by atoms with E-state index < -0.39 is 10.0 Å². The fourth-order valence-corrected chi connectivity index (χ4v) is 4.29. The summed E-state index contributed by atoms with van der Waals surface area (Å²) in [6, 6.07) is 3.15. The van der Waals surface area contributed by atoms with Gasteiger partial charge in [-0.3, -0.25) is 0 Å². The first-order valence-corrected chi connectivity index (χ1v) is 7.63. The van der Waals surface area contributed by atoms with Crippen LogP contribution in [0.5, 0.6) is 0 Å². The Hall–Kier alpha value is -0.550. The number of nitrogen functional groups attached to an aromatic ring is 1. The van der Waals surface area contributed by atoms with Crippen LogP contribution in [0, 0.1) is 12.3 Å². The number of terminal acetylenes is 1. The van der Waals surface area contributed by atoms with Crippen LogP contribution >= 0.6 is 31.9 Å². The van der Waals surface area contributed by atoms with Crippen molar-refractivity contribution in [2.75, 3.05) is 12.3 Å². The number of sulfonamides is 1. The van der Waals surface area contributed by atoms with Crippen molar-refractivity contribution in [2.24, 2.45) is 0 Å². The van der Waals surface area contributed by atoms with Gasteiger partial charge in [0, 0.05) is 21.9 Å². The molecule has 7 heteroatoms. The molecule has 0 radical (unpaired) electrons. The minimum atomic E-state index is -3.65. The lowest BCUT2D eigenvalue weighted by Gasteiger charge is -2.10. The van der Waals surface area contributed by atoms with Crippen LogP contribution in [0.15, 0.2) is 26.0 Å². The van der Waals surface area contributed by atoms with Crippen molar-refractivity contribution in [1.82, 2.24) is 4.72 Å². The first-order valence-electron chi connectivity index (χ1n) is 4.56. The Bertz CT molecular complexity index is 541. The number of hydrogen-bond donors (Lipinski definition) is 2. The first kappa shape index (κ1) is 14.5. The second kappa shape index (κ2) is 5.87. The molecule has 0 saturated carbocycles. The van der Waals surface area contributed by atoms with Gasteiger partial charge in [0.15, 0.2) is 0 Å². The molecule has 0 saturated heterocycles. The molecule has 0 atom stereocenters. The molecule has 1 aromatic rings. The lowest BCUT2D eigenvalue weighted by molar-refractivity contribution is 0.582. The van der Waals surface area contributed by atoms with Gasteiger partial charge in [-0.2, -0.15) is 0 Å². The smallest absolute Gasteiger partial charge is 0.243 e. The van der Waals surface area contributed by atoms with Crippen molar-refractivity contribution in [3.05, 3.63) is 21.1 Å². The molecule has 0 unspecified atom stereocenters. The summed E-state index contributed by atoms with van der Waals surface area (Å²) in [5, 5.41) is 0. The van der Waals surface area contributed by atoms with E-state index in [0.717, 1.165) is 0 Å². The lowest BCUT2D eigenvalue weighted by atomic mass is 10.3. The third kappa shape index (κ3) is 3.71. The zero-order valence-corrected chi connectivity index (χ0v) is 12.7. The molecule has 0 aliphatic rings. The van der Waals surface area contributed by atoms with E-state index in [1.807, 2.05) is 0 Å². The highest BCUT2D eigenvalue weighted by Gasteiger charge is 2.20. The molecule has 0 heterocycles. The molecule has 17 heavy (non-hydrogen) atoms. The predicted molar refractivity (Wildman–Crippen MR) is 74.9 cm³/mol. The van der Waals surface area contributed by atoms with Gasteiger partial charge in [0.05, 0.1) is 5.69 Å². The zero-order chi connectivity index (χ0) is 13.1. The summed E-state index contributed by atoms with van der Waals surface area (Å²) in [4.78, 5) is 0.0257. The van der Waals surface area contributed by atoms with Crippen LogP contribution in [0.3, 0.4) is 0 Å². The van der Waals surface area contributed by atoms with Crippen LogP contribution in [0.4, 0.5) is 5.69 Å². The second-order valence-corrected chi connectivity index (χ2v) is 6.63. The first-order chi connectivity index (χ1) is 7.88. The molecule has 4 nitrogen and oxygen atoms in total. The van der Waals surface area contributed by atoms with E-state index in [-0.39, 0.29) is 17.1 Å². The third-order valence-electron chi connectivity index (χ3n) is 1.87. The van der Waals surface area contributed by atoms with E-state index >= 15 is 0 Å². The molecule has 0 aliphatic carbocycles. The second-order valence-electron chi connectivity index (χ2n) is 3.16. The number of hydrogen-bond acceptors (Lipinski definition) is 3. The highest BCUT2D eigenvalue weighted by Crippen LogP contribution is 2.31. The average molecular weight is 382 g/mol. The highest BCUT2D eigenvalue weighted by atomic mass is 79.9. The minimum Gasteiger partial charge on any atom is -0.398 e. The van der Waals surface area contributed by atoms with Gasteiger partial charge in [0.25, 0.3) is 0 Å². The fraction of sp³-hybridized carbons (Fsp3) is 0.200. The number of benzene rings is 1. The van der Waals surface area contributed by atoms with E-state index in [9.17, 15) is 8.42 Å². The van der Waals surface area contributed by atoms with Crippen molar-refractivity contribution in [3.63, 3.8) is 0 Å². The molecule has 0 fully saturated rings. The zero-order valence-electron chi connectivity index (χ0n) is 8.70. The summed E-state index contributed by atoms with van der Waals surface area (Å²) < 4.78 is 27.4. The van der Waals surface area contributed by atoms with Gasteiger partial charge >= 0.3 is 0 Å². The van der Waals surface area contributed by atoms with E-state index in [2.05, 4.69) is 42.5 Å². The van der Waals surface area contributed by atoms with Crippen molar-refractivity contribution in [1.29, 1.82) is 0 Å². The molecule has 0 bridgehead atoms. The average Bonchev–Trinajstić information content (AvgIpc) is 2.15. The van der Waals surface area contributed by atoms with Gasteiger partial charge in [-0.05, 0) is 28.1 Å². The molecule has 0 amide bonds. The van der Waals surface area contributed by atoms with Crippen LogP contribution in [0.25, 0.3) is 0 Å². The lowest BCUT2D eigenvalue weighted by Crippen LogP contribution is -2.25. The maximum absolute atomic E-state index is 12.0. The summed E-state index contributed by atoms with van der Waals surface area (Å²) in [5.74, 6) is 2.35. The van der Waals surface area contributed by atoms with E-state index in [1.165, 1.54) is 6.07 Å². The standard InChI is InChI=1S/C10H10Br2N2O2S/c1-2-3-4-14-17(15,16)10-8(12)5-7(11)6-9(10)13/h1,5-6,14H,3-4,13H2. The van der Waals surface area contributed by atoms with E-state index in [0.29, 0.717) is 15.4 Å². The van der Waals surface area contributed by atoms with Gasteiger partial charge in [-0.15, -0.1) is 12.3 Å². The molecule has 1 rings (SSSR count). The summed E-state index contributed by atoms with van der Waals surface area (Å²) in [6.07, 6.45) is 5.38. The number of nitrogens with two attached hydrogens (primary N) is 1. The normalized spacial score (nSPS) is 11.1. The summed E-state index contributed by atoms with van der Waals surface area (Å²) in [5.41, 5.74) is 5.86. The van der Waals surface area contributed by atoms with E-state index in [1.54, 1.807) is 6.07 Å². The SMILES string of the molecule is C#CCCNS(=O)(=O)c1c(N)cc(Br)cc1Br. The number of nitrogens with one attached hydrogen (secondary N) is 1. The Morgan fingerprint density at radius 2 is 2.06 bits per heavy atom. The Morgan fingerprint density at radius 1 is 1.41 bits per heavy atom. The molecular weight excluding hydrogens is 372 g/mol. The van der Waals surface area contributed by atoms with Gasteiger partial charge < -0.3 is 5.73 Å². The molecule has 92 valence electrons. The Balaban J connectivity index is 3.12. The highest BCUT2D eigenvalue weighted by molar-refractivity contribution is 9.11.